The van der Waals surface area contributed by atoms with Gasteiger partial charge >= 0.3 is 0 Å². The summed E-state index contributed by atoms with van der Waals surface area (Å²) in [5.74, 6) is 0. The van der Waals surface area contributed by atoms with E-state index in [0.717, 1.165) is 13.0 Å². The van der Waals surface area contributed by atoms with Gasteiger partial charge in [-0.1, -0.05) is 6.92 Å². The summed E-state index contributed by atoms with van der Waals surface area (Å²) >= 11 is 1.70. The fourth-order valence-electron chi connectivity index (χ4n) is 0.921. The summed E-state index contributed by atoms with van der Waals surface area (Å²) in [4.78, 5) is 0. The molecule has 0 fully saturated rings. The van der Waals surface area contributed by atoms with Crippen LogP contribution in [0.5, 0.6) is 0 Å². The van der Waals surface area contributed by atoms with Crippen LogP contribution in [0, 0.1) is 0 Å². The van der Waals surface area contributed by atoms with Gasteiger partial charge in [0, 0.05) is 13.1 Å². The van der Waals surface area contributed by atoms with Gasteiger partial charge in [0.2, 0.25) is 0 Å². The molecule has 1 rings (SSSR count). The Morgan fingerprint density at radius 1 is 1.67 bits per heavy atom. The highest BCUT2D eigenvalue weighted by atomic mass is 32.1. The lowest BCUT2D eigenvalue weighted by Crippen LogP contribution is -2.25. The van der Waals surface area contributed by atoms with Crippen LogP contribution < -0.4 is 5.32 Å². The van der Waals surface area contributed by atoms with Crippen molar-refractivity contribution in [1.29, 1.82) is 0 Å². The zero-order valence-electron chi connectivity index (χ0n) is 7.29. The molecule has 68 valence electrons. The summed E-state index contributed by atoms with van der Waals surface area (Å²) < 4.78 is 0. The maximum Gasteiger partial charge on any atom is 0.0662 e. The van der Waals surface area contributed by atoms with Gasteiger partial charge < -0.3 is 10.4 Å². The van der Waals surface area contributed by atoms with Gasteiger partial charge in [-0.2, -0.15) is 11.3 Å². The van der Waals surface area contributed by atoms with Crippen LogP contribution in [0.3, 0.4) is 0 Å². The smallest absolute Gasteiger partial charge is 0.0662 e. The highest BCUT2D eigenvalue weighted by Gasteiger charge is 1.98. The van der Waals surface area contributed by atoms with Crippen molar-refractivity contribution in [2.45, 2.75) is 26.0 Å². The van der Waals surface area contributed by atoms with Crippen molar-refractivity contribution in [1.82, 2.24) is 5.32 Å². The van der Waals surface area contributed by atoms with Crippen molar-refractivity contribution in [2.24, 2.45) is 0 Å². The lowest BCUT2D eigenvalue weighted by Gasteiger charge is -2.07. The molecule has 0 aliphatic carbocycles. The van der Waals surface area contributed by atoms with Crippen LogP contribution in [0.25, 0.3) is 0 Å². The predicted molar refractivity (Wildman–Crippen MR) is 52.3 cm³/mol. The fraction of sp³-hybridized carbons (Fsp3) is 0.556. The Morgan fingerprint density at radius 2 is 2.50 bits per heavy atom. The first-order valence-corrected chi connectivity index (χ1v) is 5.17. The molecule has 2 N–H and O–H groups in total. The number of hydrogen-bond acceptors (Lipinski definition) is 3. The molecule has 12 heavy (non-hydrogen) atoms. The summed E-state index contributed by atoms with van der Waals surface area (Å²) in [5.41, 5.74) is 1.29. The summed E-state index contributed by atoms with van der Waals surface area (Å²) in [6, 6.07) is 2.09. The highest BCUT2D eigenvalue weighted by molar-refractivity contribution is 7.07. The largest absolute Gasteiger partial charge is 0.392 e. The molecule has 0 aromatic carbocycles. The minimum Gasteiger partial charge on any atom is -0.392 e. The van der Waals surface area contributed by atoms with E-state index >= 15 is 0 Å². The highest BCUT2D eigenvalue weighted by Crippen LogP contribution is 2.04. The molecular weight excluding hydrogens is 170 g/mol. The van der Waals surface area contributed by atoms with E-state index in [1.54, 1.807) is 11.3 Å². The number of thiophene rings is 1. The molecule has 1 heterocycles. The second kappa shape index (κ2) is 5.30. The Bertz CT molecular complexity index is 198. The minimum absolute atomic E-state index is 0.205. The molecule has 0 amide bonds. The summed E-state index contributed by atoms with van der Waals surface area (Å²) in [7, 11) is 0. The van der Waals surface area contributed by atoms with Crippen LogP contribution in [0.15, 0.2) is 16.8 Å². The third-order valence-corrected chi connectivity index (χ3v) is 2.49. The van der Waals surface area contributed by atoms with E-state index < -0.39 is 0 Å². The van der Waals surface area contributed by atoms with Crippen molar-refractivity contribution < 1.29 is 5.11 Å². The summed E-state index contributed by atoms with van der Waals surface area (Å²) in [6.45, 7) is 3.53. The van der Waals surface area contributed by atoms with E-state index in [1.165, 1.54) is 5.56 Å². The third-order valence-electron chi connectivity index (χ3n) is 1.76. The molecule has 1 unspecified atom stereocenters. The maximum absolute atomic E-state index is 9.23. The van der Waals surface area contributed by atoms with E-state index in [2.05, 4.69) is 22.1 Å². The minimum atomic E-state index is -0.205. The van der Waals surface area contributed by atoms with Gasteiger partial charge in [-0.15, -0.1) is 0 Å². The van der Waals surface area contributed by atoms with Gasteiger partial charge in [0.15, 0.2) is 0 Å². The zero-order chi connectivity index (χ0) is 8.81. The second-order valence-electron chi connectivity index (χ2n) is 2.82. The molecular formula is C9H15NOS. The fourth-order valence-corrected chi connectivity index (χ4v) is 1.59. The first-order valence-electron chi connectivity index (χ1n) is 4.22. The van der Waals surface area contributed by atoms with Gasteiger partial charge in [-0.25, -0.2) is 0 Å². The third kappa shape index (κ3) is 3.34. The first-order chi connectivity index (χ1) is 5.83. The molecule has 1 aromatic heterocycles. The Labute approximate surface area is 77.2 Å². The van der Waals surface area contributed by atoms with Crippen LogP contribution in [-0.2, 0) is 6.54 Å². The van der Waals surface area contributed by atoms with Gasteiger partial charge in [0.05, 0.1) is 6.10 Å². The topological polar surface area (TPSA) is 32.3 Å². The molecule has 2 nitrogen and oxygen atoms in total. The first kappa shape index (κ1) is 9.71. The van der Waals surface area contributed by atoms with Crippen molar-refractivity contribution in [2.75, 3.05) is 6.54 Å². The van der Waals surface area contributed by atoms with E-state index in [9.17, 15) is 5.11 Å². The van der Waals surface area contributed by atoms with E-state index in [-0.39, 0.29) is 6.10 Å². The molecule has 3 heteroatoms. The monoisotopic (exact) mass is 185 g/mol. The number of rotatable bonds is 5. The lowest BCUT2D eigenvalue weighted by atomic mass is 10.2. The van der Waals surface area contributed by atoms with Crippen LogP contribution in [0.2, 0.25) is 0 Å². The van der Waals surface area contributed by atoms with Crippen LogP contribution in [0.4, 0.5) is 0 Å². The number of hydrogen-bond donors (Lipinski definition) is 2. The average Bonchev–Trinajstić information content (AvgIpc) is 2.57. The molecule has 0 aliphatic heterocycles. The zero-order valence-corrected chi connectivity index (χ0v) is 8.10. The SMILES string of the molecule is CCC(O)CNCc1ccsc1. The molecule has 0 bridgehead atoms. The molecule has 0 spiro atoms. The Hall–Kier alpha value is -0.380. The summed E-state index contributed by atoms with van der Waals surface area (Å²) in [6.07, 6.45) is 0.611. The van der Waals surface area contributed by atoms with Gasteiger partial charge in [0.25, 0.3) is 0 Å². The van der Waals surface area contributed by atoms with Crippen molar-refractivity contribution in [3.8, 4) is 0 Å². The Morgan fingerprint density at radius 3 is 3.08 bits per heavy atom. The van der Waals surface area contributed by atoms with Gasteiger partial charge in [-0.3, -0.25) is 0 Å². The molecule has 0 aliphatic rings. The van der Waals surface area contributed by atoms with E-state index in [1.807, 2.05) is 6.92 Å². The Kier molecular flexibility index (Phi) is 4.29. The lowest BCUT2D eigenvalue weighted by molar-refractivity contribution is 0.167. The predicted octanol–water partition coefficient (Wildman–Crippen LogP) is 1.61. The number of nitrogens with one attached hydrogen (secondary N) is 1. The van der Waals surface area contributed by atoms with Gasteiger partial charge in [0.1, 0.15) is 0 Å². The number of aliphatic hydroxyl groups excluding tert-OH is 1. The molecule has 0 saturated carbocycles. The molecule has 0 radical (unpaired) electrons. The quantitative estimate of drug-likeness (QED) is 0.730. The maximum atomic E-state index is 9.23. The standard InChI is InChI=1S/C9H15NOS/c1-2-9(11)6-10-5-8-3-4-12-7-8/h3-4,7,9-11H,2,5-6H2,1H3. The Balaban J connectivity index is 2.11. The van der Waals surface area contributed by atoms with Crippen LogP contribution in [-0.4, -0.2) is 17.8 Å². The second-order valence-corrected chi connectivity index (χ2v) is 3.60. The summed E-state index contributed by atoms with van der Waals surface area (Å²) in [5, 5.41) is 16.6. The molecule has 0 saturated heterocycles. The normalized spacial score (nSPS) is 13.2. The van der Waals surface area contributed by atoms with Crippen molar-refractivity contribution in [3.63, 3.8) is 0 Å². The van der Waals surface area contributed by atoms with Crippen LogP contribution in [0.1, 0.15) is 18.9 Å². The molecule has 1 atom stereocenters. The van der Waals surface area contributed by atoms with E-state index in [0.29, 0.717) is 6.54 Å². The van der Waals surface area contributed by atoms with E-state index in [4.69, 9.17) is 0 Å². The van der Waals surface area contributed by atoms with Crippen LogP contribution >= 0.6 is 11.3 Å². The number of aliphatic hydroxyl groups is 1. The van der Waals surface area contributed by atoms with Crippen molar-refractivity contribution >= 4 is 11.3 Å². The van der Waals surface area contributed by atoms with Gasteiger partial charge in [-0.05, 0) is 28.8 Å². The van der Waals surface area contributed by atoms with Crippen molar-refractivity contribution in [3.05, 3.63) is 22.4 Å². The average molecular weight is 185 g/mol. The molecule has 1 aromatic rings.